The molecule has 0 aliphatic heterocycles. The van der Waals surface area contributed by atoms with Gasteiger partial charge in [0.2, 0.25) is 0 Å². The van der Waals surface area contributed by atoms with Crippen LogP contribution in [0.3, 0.4) is 0 Å². The third kappa shape index (κ3) is 5.32. The number of anilines is 3. The van der Waals surface area contributed by atoms with Crippen LogP contribution in [0.15, 0.2) is 236 Å². The fraction of sp³-hybridized carbons (Fsp3) is 0.0175. The van der Waals surface area contributed by atoms with Crippen molar-refractivity contribution in [2.45, 2.75) is 5.41 Å². The molecule has 0 radical (unpaired) electrons. The Morgan fingerprint density at radius 3 is 1.34 bits per heavy atom. The van der Waals surface area contributed by atoms with Crippen molar-refractivity contribution >= 4 is 38.6 Å². The Balaban J connectivity index is 1.21. The molecule has 0 bridgehead atoms. The molecular formula is C57H39N. The molecule has 0 saturated heterocycles. The highest BCUT2D eigenvalue weighted by molar-refractivity contribution is 6.00. The van der Waals surface area contributed by atoms with E-state index >= 15 is 0 Å². The fourth-order valence-electron chi connectivity index (χ4n) is 9.00. The minimum absolute atomic E-state index is 0.212. The van der Waals surface area contributed by atoms with Crippen molar-refractivity contribution in [3.63, 3.8) is 0 Å². The molecule has 0 unspecified atom stereocenters. The van der Waals surface area contributed by atoms with Crippen LogP contribution in [0.2, 0.25) is 0 Å². The summed E-state index contributed by atoms with van der Waals surface area (Å²) in [5.74, 6) is 0. The van der Waals surface area contributed by atoms with Gasteiger partial charge in [0.1, 0.15) is 0 Å². The Labute approximate surface area is 353 Å². The lowest BCUT2D eigenvalue weighted by Crippen LogP contribution is -2.28. The average molecular weight is 748 g/mol. The molecule has 58 heavy (non-hydrogen) atoms. The van der Waals surface area contributed by atoms with Gasteiger partial charge >= 0.3 is 0 Å². The first kappa shape index (κ1) is 24.9. The summed E-state index contributed by atoms with van der Waals surface area (Å²) in [6.45, 7) is 0. The minimum Gasteiger partial charge on any atom is -0.310 e. The van der Waals surface area contributed by atoms with Gasteiger partial charge in [-0.1, -0.05) is 206 Å². The van der Waals surface area contributed by atoms with Crippen LogP contribution in [-0.2, 0) is 5.41 Å². The SMILES string of the molecule is [2H]c1c([2H])c([2H])c(C2(c3c([2H])c([2H])c([2H])c([2H])c3[2H])c3ccccc3-c3c(N(c4ccc(-c5cccc6ccccc56)cc4)c4ccc(-c5cccc6ccccc56)cc4)cccc32)c([2H])c1[2H]. The Bertz CT molecular complexity index is 3440. The topological polar surface area (TPSA) is 3.24 Å². The van der Waals surface area contributed by atoms with E-state index in [4.69, 9.17) is 8.22 Å². The van der Waals surface area contributed by atoms with Gasteiger partial charge in [-0.3, -0.25) is 0 Å². The van der Waals surface area contributed by atoms with Crippen LogP contribution in [0.5, 0.6) is 0 Å². The summed E-state index contributed by atoms with van der Waals surface area (Å²) in [4.78, 5) is 2.12. The van der Waals surface area contributed by atoms with E-state index in [0.29, 0.717) is 27.9 Å². The highest BCUT2D eigenvalue weighted by Gasteiger charge is 2.47. The molecule has 0 aromatic heterocycles. The summed E-state index contributed by atoms with van der Waals surface area (Å²) in [5.41, 5.74) is 6.07. The first-order chi connectivity index (χ1) is 32.9. The van der Waals surface area contributed by atoms with E-state index in [2.05, 4.69) is 114 Å². The Kier molecular flexibility index (Phi) is 5.98. The molecule has 10 aromatic carbocycles. The minimum atomic E-state index is -1.98. The third-order valence-corrected chi connectivity index (χ3v) is 11.5. The van der Waals surface area contributed by atoms with Gasteiger partial charge in [-0.2, -0.15) is 0 Å². The third-order valence-electron chi connectivity index (χ3n) is 11.5. The summed E-state index contributed by atoms with van der Waals surface area (Å²) in [5, 5.41) is 4.50. The molecule has 1 aliphatic carbocycles. The molecule has 0 fully saturated rings. The number of nitrogens with zero attached hydrogens (tertiary/aromatic N) is 1. The van der Waals surface area contributed by atoms with Crippen molar-refractivity contribution in [1.82, 2.24) is 0 Å². The first-order valence-electron chi connectivity index (χ1n) is 24.3. The van der Waals surface area contributed by atoms with E-state index in [1.807, 2.05) is 48.5 Å². The Hall–Kier alpha value is -7.48. The number of rotatable bonds is 7. The van der Waals surface area contributed by atoms with Crippen molar-refractivity contribution in [3.05, 3.63) is 259 Å². The van der Waals surface area contributed by atoms with Gasteiger partial charge < -0.3 is 4.90 Å². The summed E-state index contributed by atoms with van der Waals surface area (Å²) in [6, 6.07) is 52.7. The van der Waals surface area contributed by atoms with Crippen LogP contribution in [0, 0.1) is 0 Å². The summed E-state index contributed by atoms with van der Waals surface area (Å²) in [6.07, 6.45) is 0. The Morgan fingerprint density at radius 1 is 0.362 bits per heavy atom. The smallest absolute Gasteiger partial charge is 0.0714 e. The van der Waals surface area contributed by atoms with E-state index in [1.54, 1.807) is 18.2 Å². The standard InChI is InChI=1S/C57H39N/c1-3-20-44(21-4-1)57(45-22-5-2-6-23-45)53-29-12-11-26-52(53)56-54(57)30-15-31-55(56)58(46-36-32-42(33-37-46)50-27-13-18-40-16-7-9-24-48(40)50)47-38-34-43(35-39-47)51-28-14-19-41-17-8-10-25-49(41)51/h1-39H/i1D,2D,3D,4D,5D,6D,20D,21D,22D,23D. The second kappa shape index (κ2) is 13.9. The lowest BCUT2D eigenvalue weighted by atomic mass is 9.68. The van der Waals surface area contributed by atoms with E-state index in [9.17, 15) is 5.48 Å². The lowest BCUT2D eigenvalue weighted by molar-refractivity contribution is 0.768. The molecule has 272 valence electrons. The lowest BCUT2D eigenvalue weighted by Gasteiger charge is -2.34. The highest BCUT2D eigenvalue weighted by Crippen LogP contribution is 2.59. The first-order valence-corrected chi connectivity index (χ1v) is 19.3. The number of benzene rings is 10. The molecule has 0 saturated carbocycles. The maximum Gasteiger partial charge on any atom is 0.0714 e. The average Bonchev–Trinajstić information content (AvgIpc) is 3.67. The van der Waals surface area contributed by atoms with Gasteiger partial charge in [0.05, 0.1) is 24.8 Å². The van der Waals surface area contributed by atoms with Gasteiger partial charge in [-0.15, -0.1) is 0 Å². The van der Waals surface area contributed by atoms with Crippen LogP contribution < -0.4 is 4.90 Å². The van der Waals surface area contributed by atoms with Crippen molar-refractivity contribution in [1.29, 1.82) is 0 Å². The van der Waals surface area contributed by atoms with E-state index in [0.717, 1.165) is 55.2 Å². The molecule has 1 aliphatic rings. The second-order valence-corrected chi connectivity index (χ2v) is 14.5. The Morgan fingerprint density at radius 2 is 0.793 bits per heavy atom. The quantitative estimate of drug-likeness (QED) is 0.157. The molecule has 0 N–H and O–H groups in total. The zero-order valence-electron chi connectivity index (χ0n) is 41.2. The number of hydrogen-bond acceptors (Lipinski definition) is 1. The fourth-order valence-corrected chi connectivity index (χ4v) is 9.00. The monoisotopic (exact) mass is 747 g/mol. The van der Waals surface area contributed by atoms with Gasteiger partial charge in [0, 0.05) is 16.9 Å². The van der Waals surface area contributed by atoms with Crippen LogP contribution in [0.25, 0.3) is 54.9 Å². The molecule has 0 atom stereocenters. The van der Waals surface area contributed by atoms with E-state index < -0.39 is 65.8 Å². The molecule has 0 heterocycles. The van der Waals surface area contributed by atoms with Crippen molar-refractivity contribution in [3.8, 4) is 33.4 Å². The van der Waals surface area contributed by atoms with Crippen molar-refractivity contribution in [2.75, 3.05) is 4.90 Å². The van der Waals surface area contributed by atoms with Gasteiger partial charge in [0.25, 0.3) is 0 Å². The molecule has 1 nitrogen and oxygen atoms in total. The van der Waals surface area contributed by atoms with Crippen LogP contribution in [0.1, 0.15) is 36.0 Å². The van der Waals surface area contributed by atoms with Crippen molar-refractivity contribution in [2.24, 2.45) is 0 Å². The molecule has 0 spiro atoms. The zero-order valence-corrected chi connectivity index (χ0v) is 31.2. The summed E-state index contributed by atoms with van der Waals surface area (Å²) < 4.78 is 90.8. The summed E-state index contributed by atoms with van der Waals surface area (Å²) in [7, 11) is 0. The van der Waals surface area contributed by atoms with Crippen LogP contribution >= 0.6 is 0 Å². The second-order valence-electron chi connectivity index (χ2n) is 14.5. The summed E-state index contributed by atoms with van der Waals surface area (Å²) >= 11 is 0. The number of fused-ring (bicyclic) bond motifs is 5. The highest BCUT2D eigenvalue weighted by atomic mass is 15.1. The maximum absolute atomic E-state index is 9.50. The van der Waals surface area contributed by atoms with Gasteiger partial charge in [-0.05, 0) is 102 Å². The van der Waals surface area contributed by atoms with Gasteiger partial charge in [-0.25, -0.2) is 0 Å². The van der Waals surface area contributed by atoms with Crippen LogP contribution in [-0.4, -0.2) is 0 Å². The molecule has 0 amide bonds. The van der Waals surface area contributed by atoms with E-state index in [1.165, 1.54) is 0 Å². The van der Waals surface area contributed by atoms with Crippen LogP contribution in [0.4, 0.5) is 17.1 Å². The number of hydrogen-bond donors (Lipinski definition) is 0. The molecule has 10 aromatic rings. The van der Waals surface area contributed by atoms with Crippen molar-refractivity contribution < 1.29 is 13.7 Å². The van der Waals surface area contributed by atoms with Gasteiger partial charge in [0.15, 0.2) is 0 Å². The molecule has 11 rings (SSSR count). The largest absolute Gasteiger partial charge is 0.310 e. The van der Waals surface area contributed by atoms with E-state index in [-0.39, 0.29) is 11.1 Å². The predicted molar refractivity (Wildman–Crippen MR) is 244 cm³/mol. The molecule has 1 heteroatoms. The normalized spacial score (nSPS) is 15.0. The molecular weight excluding hydrogens is 699 g/mol. The maximum atomic E-state index is 9.50. The predicted octanol–water partition coefficient (Wildman–Crippen LogP) is 15.2. The zero-order chi connectivity index (χ0) is 47.2.